The molecular formula is C9H13N3O2. The highest BCUT2D eigenvalue weighted by Gasteiger charge is 2.35. The Kier molecular flexibility index (Phi) is 2.15. The molecule has 2 aliphatic rings. The highest BCUT2D eigenvalue weighted by Crippen LogP contribution is 2.19. The second-order valence-electron chi connectivity index (χ2n) is 3.31. The Balaban J connectivity index is 2.05. The maximum Gasteiger partial charge on any atom is 0.354 e. The van der Waals surface area contributed by atoms with Gasteiger partial charge in [-0.15, -0.1) is 0 Å². The van der Waals surface area contributed by atoms with E-state index in [1.165, 1.54) is 0 Å². The molecule has 5 nitrogen and oxygen atoms in total. The summed E-state index contributed by atoms with van der Waals surface area (Å²) >= 11 is 0. The SMILES string of the molecule is CCOC(=O)C1=CC2N=CN(C)C2N1. The molecule has 76 valence electrons. The van der Waals surface area contributed by atoms with Gasteiger partial charge in [0.05, 0.1) is 12.9 Å². The number of esters is 1. The van der Waals surface area contributed by atoms with Crippen molar-refractivity contribution in [3.63, 3.8) is 0 Å². The van der Waals surface area contributed by atoms with Crippen molar-refractivity contribution >= 4 is 12.3 Å². The van der Waals surface area contributed by atoms with E-state index in [0.29, 0.717) is 12.3 Å². The molecule has 5 heteroatoms. The number of aliphatic imine (C=N–C) groups is 1. The van der Waals surface area contributed by atoms with Crippen molar-refractivity contribution < 1.29 is 9.53 Å². The van der Waals surface area contributed by atoms with Gasteiger partial charge in [0, 0.05) is 7.05 Å². The molecule has 0 aromatic heterocycles. The van der Waals surface area contributed by atoms with Crippen LogP contribution in [0.2, 0.25) is 0 Å². The van der Waals surface area contributed by atoms with Gasteiger partial charge < -0.3 is 15.0 Å². The molecule has 0 bridgehead atoms. The van der Waals surface area contributed by atoms with E-state index in [1.807, 2.05) is 18.0 Å². The van der Waals surface area contributed by atoms with Crippen molar-refractivity contribution in [1.29, 1.82) is 0 Å². The Morgan fingerprint density at radius 3 is 3.21 bits per heavy atom. The number of likely N-dealkylation sites (N-methyl/N-ethyl adjacent to an activating group) is 1. The highest BCUT2D eigenvalue weighted by atomic mass is 16.5. The summed E-state index contributed by atoms with van der Waals surface area (Å²) in [7, 11) is 1.92. The van der Waals surface area contributed by atoms with Gasteiger partial charge in [0.2, 0.25) is 0 Å². The van der Waals surface area contributed by atoms with Gasteiger partial charge in [-0.1, -0.05) is 0 Å². The second-order valence-corrected chi connectivity index (χ2v) is 3.31. The largest absolute Gasteiger partial charge is 0.461 e. The third-order valence-electron chi connectivity index (χ3n) is 2.32. The zero-order valence-corrected chi connectivity index (χ0v) is 8.23. The molecule has 14 heavy (non-hydrogen) atoms. The van der Waals surface area contributed by atoms with Crippen molar-refractivity contribution in [3.05, 3.63) is 11.8 Å². The van der Waals surface area contributed by atoms with Crippen LogP contribution in [0.15, 0.2) is 16.8 Å². The van der Waals surface area contributed by atoms with E-state index in [2.05, 4.69) is 10.3 Å². The summed E-state index contributed by atoms with van der Waals surface area (Å²) < 4.78 is 4.89. The predicted octanol–water partition coefficient (Wildman–Crippen LogP) is -0.295. The Morgan fingerprint density at radius 2 is 2.57 bits per heavy atom. The van der Waals surface area contributed by atoms with Crippen molar-refractivity contribution in [3.8, 4) is 0 Å². The fraction of sp³-hybridized carbons (Fsp3) is 0.556. The van der Waals surface area contributed by atoms with E-state index in [9.17, 15) is 4.79 Å². The minimum atomic E-state index is -0.300. The molecule has 0 saturated carbocycles. The van der Waals surface area contributed by atoms with Gasteiger partial charge in [-0.2, -0.15) is 0 Å². The van der Waals surface area contributed by atoms with Crippen molar-refractivity contribution in [2.75, 3.05) is 13.7 Å². The molecule has 0 aliphatic carbocycles. The van der Waals surface area contributed by atoms with E-state index in [4.69, 9.17) is 4.74 Å². The van der Waals surface area contributed by atoms with E-state index in [-0.39, 0.29) is 18.2 Å². The number of nitrogens with zero attached hydrogens (tertiary/aromatic N) is 2. The highest BCUT2D eigenvalue weighted by molar-refractivity contribution is 5.89. The van der Waals surface area contributed by atoms with Gasteiger partial charge in [0.25, 0.3) is 0 Å². The third kappa shape index (κ3) is 1.34. The van der Waals surface area contributed by atoms with Crippen LogP contribution >= 0.6 is 0 Å². The fourth-order valence-electron chi connectivity index (χ4n) is 1.61. The van der Waals surface area contributed by atoms with Crippen LogP contribution < -0.4 is 5.32 Å². The zero-order chi connectivity index (χ0) is 10.1. The van der Waals surface area contributed by atoms with Gasteiger partial charge in [-0.25, -0.2) is 4.79 Å². The Bertz CT molecular complexity index is 311. The first-order valence-electron chi connectivity index (χ1n) is 4.63. The first kappa shape index (κ1) is 9.05. The van der Waals surface area contributed by atoms with Gasteiger partial charge in [0.1, 0.15) is 17.9 Å². The number of carbonyl (C=O) groups excluding carboxylic acids is 1. The number of ether oxygens (including phenoxy) is 1. The summed E-state index contributed by atoms with van der Waals surface area (Å²) in [6.07, 6.45) is 3.65. The summed E-state index contributed by atoms with van der Waals surface area (Å²) in [5.41, 5.74) is 0.519. The lowest BCUT2D eigenvalue weighted by Gasteiger charge is -2.19. The molecule has 0 radical (unpaired) electrons. The van der Waals surface area contributed by atoms with Crippen LogP contribution in [0.1, 0.15) is 6.92 Å². The number of hydrogen-bond donors (Lipinski definition) is 1. The third-order valence-corrected chi connectivity index (χ3v) is 2.32. The molecule has 2 heterocycles. The Morgan fingerprint density at radius 1 is 1.79 bits per heavy atom. The average Bonchev–Trinajstić information content (AvgIpc) is 2.69. The van der Waals surface area contributed by atoms with Gasteiger partial charge in [-0.05, 0) is 13.0 Å². The molecule has 2 atom stereocenters. The number of carbonyl (C=O) groups is 1. The predicted molar refractivity (Wildman–Crippen MR) is 51.7 cm³/mol. The Labute approximate surface area is 82.4 Å². The summed E-state index contributed by atoms with van der Waals surface area (Å²) in [4.78, 5) is 17.5. The van der Waals surface area contributed by atoms with E-state index in [1.54, 1.807) is 13.3 Å². The smallest absolute Gasteiger partial charge is 0.354 e. The standard InChI is InChI=1S/C9H13N3O2/c1-3-14-9(13)7-4-6-8(11-7)12(2)5-10-6/h4-6,8,11H,3H2,1-2H3. The fourth-order valence-corrected chi connectivity index (χ4v) is 1.61. The first-order chi connectivity index (χ1) is 6.72. The molecule has 2 unspecified atom stereocenters. The Hall–Kier alpha value is -1.52. The quantitative estimate of drug-likeness (QED) is 0.615. The number of fused-ring (bicyclic) bond motifs is 1. The number of nitrogens with one attached hydrogen (secondary N) is 1. The number of rotatable bonds is 2. The number of hydrogen-bond acceptors (Lipinski definition) is 5. The molecule has 2 rings (SSSR count). The van der Waals surface area contributed by atoms with Crippen LogP contribution in [0.25, 0.3) is 0 Å². The lowest BCUT2D eigenvalue weighted by atomic mass is 10.3. The average molecular weight is 195 g/mol. The topological polar surface area (TPSA) is 53.9 Å². The lowest BCUT2D eigenvalue weighted by molar-refractivity contribution is -0.138. The van der Waals surface area contributed by atoms with Gasteiger partial charge in [-0.3, -0.25) is 4.99 Å². The molecule has 0 amide bonds. The molecule has 0 spiro atoms. The molecule has 1 N–H and O–H groups in total. The van der Waals surface area contributed by atoms with Crippen molar-refractivity contribution in [2.45, 2.75) is 19.1 Å². The summed E-state index contributed by atoms with van der Waals surface area (Å²) in [6, 6.07) is 0.0411. The second kappa shape index (κ2) is 3.32. The molecular weight excluding hydrogens is 182 g/mol. The minimum Gasteiger partial charge on any atom is -0.461 e. The minimum absolute atomic E-state index is 0.0411. The first-order valence-corrected chi connectivity index (χ1v) is 4.63. The maximum atomic E-state index is 11.4. The van der Waals surface area contributed by atoms with E-state index in [0.717, 1.165) is 0 Å². The lowest BCUT2D eigenvalue weighted by Crippen LogP contribution is -2.41. The van der Waals surface area contributed by atoms with E-state index >= 15 is 0 Å². The van der Waals surface area contributed by atoms with Crippen LogP contribution in [-0.4, -0.2) is 43.1 Å². The van der Waals surface area contributed by atoms with Crippen LogP contribution in [0.4, 0.5) is 0 Å². The van der Waals surface area contributed by atoms with E-state index < -0.39 is 0 Å². The van der Waals surface area contributed by atoms with Crippen LogP contribution in [0, 0.1) is 0 Å². The van der Waals surface area contributed by atoms with Gasteiger partial charge in [0.15, 0.2) is 0 Å². The monoisotopic (exact) mass is 195 g/mol. The van der Waals surface area contributed by atoms with Crippen molar-refractivity contribution in [1.82, 2.24) is 10.2 Å². The normalized spacial score (nSPS) is 28.4. The molecule has 0 aromatic rings. The molecule has 2 aliphatic heterocycles. The molecule has 0 saturated heterocycles. The van der Waals surface area contributed by atoms with Crippen LogP contribution in [-0.2, 0) is 9.53 Å². The molecule has 0 aromatic carbocycles. The summed E-state index contributed by atoms with van der Waals surface area (Å²) in [5, 5.41) is 3.07. The van der Waals surface area contributed by atoms with Crippen LogP contribution in [0.3, 0.4) is 0 Å². The zero-order valence-electron chi connectivity index (χ0n) is 8.23. The summed E-state index contributed by atoms with van der Waals surface area (Å²) in [5.74, 6) is -0.300. The van der Waals surface area contributed by atoms with Gasteiger partial charge >= 0.3 is 5.97 Å². The maximum absolute atomic E-state index is 11.4. The molecule has 0 fully saturated rings. The van der Waals surface area contributed by atoms with Crippen LogP contribution in [0.5, 0.6) is 0 Å². The summed E-state index contributed by atoms with van der Waals surface area (Å²) in [6.45, 7) is 2.19. The van der Waals surface area contributed by atoms with Crippen molar-refractivity contribution in [2.24, 2.45) is 4.99 Å².